The number of amides is 1. The summed E-state index contributed by atoms with van der Waals surface area (Å²) in [4.78, 5) is 45.0. The molecule has 3 rings (SSSR count). The second kappa shape index (κ2) is 10.1. The normalized spacial score (nSPS) is 15.0. The number of rotatable bonds is 8. The lowest BCUT2D eigenvalue weighted by molar-refractivity contribution is -0.918. The van der Waals surface area contributed by atoms with Crippen molar-refractivity contribution in [2.75, 3.05) is 32.8 Å². The fraction of sp³-hybridized carbons (Fsp3) is 0.714. The van der Waals surface area contributed by atoms with Crippen molar-refractivity contribution in [2.24, 2.45) is 14.1 Å². The lowest BCUT2D eigenvalue weighted by atomic mass is 10.2. The zero-order chi connectivity index (χ0) is 22.5. The lowest BCUT2D eigenvalue weighted by Gasteiger charge is -2.31. The van der Waals surface area contributed by atoms with Crippen LogP contribution < -0.4 is 16.1 Å². The van der Waals surface area contributed by atoms with Crippen molar-refractivity contribution in [1.29, 1.82) is 0 Å². The minimum absolute atomic E-state index is 0.261. The first-order valence-electron chi connectivity index (χ1n) is 11.3. The van der Waals surface area contributed by atoms with Crippen LogP contribution in [-0.2, 0) is 31.9 Å². The van der Waals surface area contributed by atoms with Gasteiger partial charge in [0.1, 0.15) is 6.54 Å². The SMILES string of the molecule is CCCCCCn1c(C[NH+]2CCN(C(=O)OCC)CC2)nc2c1c(=O)n(C)c(=O)n2C. The van der Waals surface area contributed by atoms with Crippen molar-refractivity contribution >= 4 is 17.3 Å². The third kappa shape index (κ3) is 4.84. The molecule has 31 heavy (non-hydrogen) atoms. The number of piperazine rings is 1. The third-order valence-corrected chi connectivity index (χ3v) is 6.07. The van der Waals surface area contributed by atoms with E-state index in [4.69, 9.17) is 9.72 Å². The van der Waals surface area contributed by atoms with Crippen LogP contribution in [0.1, 0.15) is 45.4 Å². The average molecular weight is 436 g/mol. The van der Waals surface area contributed by atoms with Gasteiger partial charge in [-0.1, -0.05) is 26.2 Å². The average Bonchev–Trinajstić information content (AvgIpc) is 3.12. The van der Waals surface area contributed by atoms with E-state index >= 15 is 0 Å². The number of ether oxygens (including phenoxy) is 1. The summed E-state index contributed by atoms with van der Waals surface area (Å²) < 4.78 is 9.72. The first-order chi connectivity index (χ1) is 14.9. The summed E-state index contributed by atoms with van der Waals surface area (Å²) in [5.74, 6) is 0.824. The molecule has 2 aromatic heterocycles. The van der Waals surface area contributed by atoms with Gasteiger partial charge >= 0.3 is 11.8 Å². The van der Waals surface area contributed by atoms with E-state index in [1.807, 2.05) is 11.5 Å². The third-order valence-electron chi connectivity index (χ3n) is 6.07. The molecule has 1 N–H and O–H groups in total. The van der Waals surface area contributed by atoms with Gasteiger partial charge in [0.25, 0.3) is 5.56 Å². The van der Waals surface area contributed by atoms with Crippen molar-refractivity contribution in [3.05, 3.63) is 26.7 Å². The topological polar surface area (TPSA) is 95.8 Å². The van der Waals surface area contributed by atoms with Crippen molar-refractivity contribution in [3.8, 4) is 0 Å². The molecule has 0 saturated carbocycles. The van der Waals surface area contributed by atoms with Crippen molar-refractivity contribution in [3.63, 3.8) is 0 Å². The molecule has 10 heteroatoms. The van der Waals surface area contributed by atoms with E-state index in [-0.39, 0.29) is 17.3 Å². The maximum absolute atomic E-state index is 12.9. The van der Waals surface area contributed by atoms with Crippen LogP contribution in [0.5, 0.6) is 0 Å². The molecule has 1 aliphatic rings. The summed E-state index contributed by atoms with van der Waals surface area (Å²) in [6, 6.07) is 0. The minimum Gasteiger partial charge on any atom is -0.450 e. The summed E-state index contributed by atoms with van der Waals surface area (Å²) in [7, 11) is 3.17. The molecular formula is C21H35N6O4+. The quantitative estimate of drug-likeness (QED) is 0.583. The van der Waals surface area contributed by atoms with E-state index in [1.165, 1.54) is 16.5 Å². The Kier molecular flexibility index (Phi) is 7.53. The van der Waals surface area contributed by atoms with Crippen LogP contribution >= 0.6 is 0 Å². The second-order valence-corrected chi connectivity index (χ2v) is 8.23. The Balaban J connectivity index is 1.86. The van der Waals surface area contributed by atoms with E-state index in [9.17, 15) is 14.4 Å². The molecule has 1 amide bonds. The molecule has 1 fully saturated rings. The first kappa shape index (κ1) is 23.1. The molecule has 0 bridgehead atoms. The molecule has 0 aliphatic carbocycles. The van der Waals surface area contributed by atoms with Gasteiger partial charge in [-0.25, -0.2) is 14.6 Å². The van der Waals surface area contributed by atoms with Gasteiger partial charge in [0.15, 0.2) is 17.0 Å². The number of aromatic nitrogens is 4. The van der Waals surface area contributed by atoms with E-state index in [0.29, 0.717) is 43.9 Å². The Hall–Kier alpha value is -2.62. The molecule has 0 aromatic carbocycles. The predicted octanol–water partition coefficient (Wildman–Crippen LogP) is -0.129. The van der Waals surface area contributed by atoms with E-state index in [0.717, 1.165) is 49.2 Å². The number of aryl methyl sites for hydroxylation is 2. The van der Waals surface area contributed by atoms with Crippen LogP contribution in [0.4, 0.5) is 4.79 Å². The van der Waals surface area contributed by atoms with Crippen molar-refractivity contribution < 1.29 is 14.4 Å². The summed E-state index contributed by atoms with van der Waals surface area (Å²) in [6.07, 6.45) is 4.09. The standard InChI is InChI=1S/C21H34N6O4/c1-5-7-8-9-10-27-16(15-25-11-13-26(14-12-25)21(30)31-6-2)22-18-17(27)19(28)24(4)20(29)23(18)3/h5-15H2,1-4H3/p+1. The number of nitrogens with zero attached hydrogens (tertiary/aromatic N) is 5. The number of nitrogens with one attached hydrogen (secondary N) is 1. The molecule has 2 aromatic rings. The number of imidazole rings is 1. The number of hydrogen-bond donors (Lipinski definition) is 1. The fourth-order valence-electron chi connectivity index (χ4n) is 4.18. The monoisotopic (exact) mass is 435 g/mol. The highest BCUT2D eigenvalue weighted by Gasteiger charge is 2.27. The largest absolute Gasteiger partial charge is 0.450 e. The first-order valence-corrected chi connectivity index (χ1v) is 11.3. The Morgan fingerprint density at radius 3 is 2.42 bits per heavy atom. The van der Waals surface area contributed by atoms with Crippen molar-refractivity contribution in [2.45, 2.75) is 52.6 Å². The number of fused-ring (bicyclic) bond motifs is 1. The zero-order valence-corrected chi connectivity index (χ0v) is 19.1. The molecule has 3 heterocycles. The van der Waals surface area contributed by atoms with E-state index in [2.05, 4.69) is 6.92 Å². The maximum Gasteiger partial charge on any atom is 0.410 e. The Morgan fingerprint density at radius 1 is 1.06 bits per heavy atom. The number of carbonyl (C=O) groups is 1. The zero-order valence-electron chi connectivity index (χ0n) is 19.1. The molecule has 0 atom stereocenters. The molecular weight excluding hydrogens is 400 g/mol. The second-order valence-electron chi connectivity index (χ2n) is 8.23. The highest BCUT2D eigenvalue weighted by Crippen LogP contribution is 2.13. The maximum atomic E-state index is 12.9. The Labute approximate surface area is 182 Å². The van der Waals surface area contributed by atoms with Crippen LogP contribution in [0, 0.1) is 0 Å². The lowest BCUT2D eigenvalue weighted by Crippen LogP contribution is -3.13. The molecule has 1 aliphatic heterocycles. The highest BCUT2D eigenvalue weighted by molar-refractivity contribution is 5.71. The van der Waals surface area contributed by atoms with Crippen LogP contribution in [0.15, 0.2) is 9.59 Å². The number of unbranched alkanes of at least 4 members (excludes halogenated alkanes) is 3. The van der Waals surface area contributed by atoms with Gasteiger partial charge in [-0.2, -0.15) is 0 Å². The number of quaternary nitrogens is 1. The highest BCUT2D eigenvalue weighted by atomic mass is 16.6. The van der Waals surface area contributed by atoms with Crippen LogP contribution in [0.25, 0.3) is 11.2 Å². The van der Waals surface area contributed by atoms with Gasteiger partial charge in [0.2, 0.25) is 0 Å². The van der Waals surface area contributed by atoms with Crippen molar-refractivity contribution in [1.82, 2.24) is 23.6 Å². The van der Waals surface area contributed by atoms with Gasteiger partial charge in [0.05, 0.1) is 32.8 Å². The summed E-state index contributed by atoms with van der Waals surface area (Å²) >= 11 is 0. The minimum atomic E-state index is -0.366. The fourth-order valence-corrected chi connectivity index (χ4v) is 4.18. The van der Waals surface area contributed by atoms with E-state index in [1.54, 1.807) is 11.9 Å². The van der Waals surface area contributed by atoms with Crippen LogP contribution in [-0.4, -0.2) is 62.5 Å². The molecule has 1 saturated heterocycles. The summed E-state index contributed by atoms with van der Waals surface area (Å²) in [5, 5.41) is 0. The van der Waals surface area contributed by atoms with Crippen LogP contribution in [0.3, 0.4) is 0 Å². The Bertz CT molecular complexity index is 1030. The summed E-state index contributed by atoms with van der Waals surface area (Å²) in [6.45, 7) is 8.55. The Morgan fingerprint density at radius 2 is 1.77 bits per heavy atom. The van der Waals surface area contributed by atoms with Gasteiger partial charge in [0, 0.05) is 20.6 Å². The predicted molar refractivity (Wildman–Crippen MR) is 117 cm³/mol. The van der Waals surface area contributed by atoms with E-state index < -0.39 is 0 Å². The van der Waals surface area contributed by atoms with Gasteiger partial charge in [-0.05, 0) is 13.3 Å². The molecule has 0 spiro atoms. The molecule has 172 valence electrons. The number of carbonyl (C=O) groups excluding carboxylic acids is 1. The van der Waals surface area contributed by atoms with Gasteiger partial charge in [-0.3, -0.25) is 18.8 Å². The number of hydrogen-bond acceptors (Lipinski definition) is 5. The van der Waals surface area contributed by atoms with Gasteiger partial charge in [-0.15, -0.1) is 0 Å². The molecule has 0 unspecified atom stereocenters. The smallest absolute Gasteiger partial charge is 0.410 e. The van der Waals surface area contributed by atoms with Crippen LogP contribution in [0.2, 0.25) is 0 Å². The summed E-state index contributed by atoms with van der Waals surface area (Å²) in [5.41, 5.74) is 0.286. The molecule has 10 nitrogen and oxygen atoms in total. The molecule has 0 radical (unpaired) electrons. The van der Waals surface area contributed by atoms with Gasteiger partial charge < -0.3 is 14.2 Å².